The van der Waals surface area contributed by atoms with Crippen molar-refractivity contribution in [2.45, 2.75) is 45.2 Å². The molecule has 1 saturated carbocycles. The molecule has 0 radical (unpaired) electrons. The van der Waals surface area contributed by atoms with Crippen LogP contribution in [-0.2, 0) is 7.05 Å². The Morgan fingerprint density at radius 1 is 1.43 bits per heavy atom. The van der Waals surface area contributed by atoms with Gasteiger partial charge in [-0.3, -0.25) is 9.78 Å². The van der Waals surface area contributed by atoms with Gasteiger partial charge in [-0.1, -0.05) is 6.92 Å². The van der Waals surface area contributed by atoms with Crippen molar-refractivity contribution in [1.82, 2.24) is 19.7 Å². The van der Waals surface area contributed by atoms with Gasteiger partial charge in [-0.05, 0) is 43.9 Å². The summed E-state index contributed by atoms with van der Waals surface area (Å²) in [6.45, 7) is 3.72. The lowest BCUT2D eigenvalue weighted by molar-refractivity contribution is 0.0646. The van der Waals surface area contributed by atoms with E-state index in [4.69, 9.17) is 0 Å². The highest BCUT2D eigenvalue weighted by molar-refractivity contribution is 5.96. The van der Waals surface area contributed by atoms with E-state index in [0.717, 1.165) is 29.5 Å². The molecule has 0 saturated heterocycles. The molecule has 0 aromatic carbocycles. The van der Waals surface area contributed by atoms with Gasteiger partial charge < -0.3 is 4.90 Å². The van der Waals surface area contributed by atoms with E-state index in [1.54, 1.807) is 19.3 Å². The van der Waals surface area contributed by atoms with Crippen LogP contribution in [0.25, 0.3) is 0 Å². The maximum atomic E-state index is 14.3. The minimum atomic E-state index is -0.567. The monoisotopic (exact) mass is 316 g/mol. The predicted molar refractivity (Wildman–Crippen MR) is 84.4 cm³/mol. The zero-order chi connectivity index (χ0) is 16.6. The highest BCUT2D eigenvalue weighted by atomic mass is 19.1. The van der Waals surface area contributed by atoms with Crippen molar-refractivity contribution in [3.8, 4) is 0 Å². The Morgan fingerprint density at radius 3 is 2.57 bits per heavy atom. The molecule has 122 valence electrons. The summed E-state index contributed by atoms with van der Waals surface area (Å²) in [6.07, 6.45) is 6.16. The molecule has 1 amide bonds. The van der Waals surface area contributed by atoms with Crippen LogP contribution in [0, 0.1) is 12.9 Å². The number of nitrogens with zero attached hydrogens (tertiary/aromatic N) is 4. The molecule has 1 fully saturated rings. The topological polar surface area (TPSA) is 51.0 Å². The SMILES string of the molecule is CCC(c1ccncc1)N(C(=O)c1c(C)nn(C)c1F)C1CC1. The number of carbonyl (C=O) groups is 1. The molecule has 2 aromatic rings. The van der Waals surface area contributed by atoms with Gasteiger partial charge in [0.2, 0.25) is 5.95 Å². The lowest BCUT2D eigenvalue weighted by Gasteiger charge is -2.31. The summed E-state index contributed by atoms with van der Waals surface area (Å²) in [5, 5.41) is 4.04. The van der Waals surface area contributed by atoms with Gasteiger partial charge in [-0.2, -0.15) is 9.49 Å². The molecular weight excluding hydrogens is 295 g/mol. The second kappa shape index (κ2) is 6.10. The minimum absolute atomic E-state index is 0.0722. The van der Waals surface area contributed by atoms with Crippen LogP contribution in [0.5, 0.6) is 0 Å². The van der Waals surface area contributed by atoms with E-state index in [0.29, 0.717) is 5.69 Å². The smallest absolute Gasteiger partial charge is 0.261 e. The number of rotatable bonds is 5. The quantitative estimate of drug-likeness (QED) is 0.852. The van der Waals surface area contributed by atoms with Crippen molar-refractivity contribution >= 4 is 5.91 Å². The molecule has 1 aliphatic carbocycles. The van der Waals surface area contributed by atoms with Gasteiger partial charge in [0.15, 0.2) is 0 Å². The first kappa shape index (κ1) is 15.6. The largest absolute Gasteiger partial charge is 0.328 e. The van der Waals surface area contributed by atoms with Crippen LogP contribution in [0.1, 0.15) is 53.8 Å². The molecule has 2 heterocycles. The number of aromatic nitrogens is 3. The fraction of sp³-hybridized carbons (Fsp3) is 0.471. The second-order valence-electron chi connectivity index (χ2n) is 6.02. The molecule has 1 unspecified atom stereocenters. The first-order valence-corrected chi connectivity index (χ1v) is 7.96. The van der Waals surface area contributed by atoms with Gasteiger partial charge >= 0.3 is 0 Å². The summed E-state index contributed by atoms with van der Waals surface area (Å²) in [5.41, 5.74) is 1.56. The molecule has 5 nitrogen and oxygen atoms in total. The summed E-state index contributed by atoms with van der Waals surface area (Å²) in [5.74, 6) is -0.831. The number of hydrogen-bond acceptors (Lipinski definition) is 3. The van der Waals surface area contributed by atoms with E-state index >= 15 is 0 Å². The number of aryl methyl sites for hydroxylation is 2. The van der Waals surface area contributed by atoms with Crippen LogP contribution in [-0.4, -0.2) is 31.6 Å². The Morgan fingerprint density at radius 2 is 2.09 bits per heavy atom. The third-order valence-corrected chi connectivity index (χ3v) is 4.35. The van der Waals surface area contributed by atoms with E-state index in [9.17, 15) is 9.18 Å². The molecule has 6 heteroatoms. The molecular formula is C17H21FN4O. The van der Waals surface area contributed by atoms with Gasteiger partial charge in [0, 0.05) is 25.5 Å². The molecule has 0 spiro atoms. The van der Waals surface area contributed by atoms with Crippen LogP contribution in [0.2, 0.25) is 0 Å². The van der Waals surface area contributed by atoms with Gasteiger partial charge in [-0.15, -0.1) is 0 Å². The number of amides is 1. The van der Waals surface area contributed by atoms with Gasteiger partial charge in [0.25, 0.3) is 5.91 Å². The number of halogens is 1. The number of pyridine rings is 1. The molecule has 1 aliphatic rings. The van der Waals surface area contributed by atoms with Crippen LogP contribution >= 0.6 is 0 Å². The Labute approximate surface area is 135 Å². The maximum absolute atomic E-state index is 14.3. The van der Waals surface area contributed by atoms with E-state index in [2.05, 4.69) is 10.1 Å². The minimum Gasteiger partial charge on any atom is -0.328 e. The first-order chi connectivity index (χ1) is 11.0. The zero-order valence-corrected chi connectivity index (χ0v) is 13.7. The van der Waals surface area contributed by atoms with Gasteiger partial charge in [-0.25, -0.2) is 4.68 Å². The Bertz CT molecular complexity index is 709. The highest BCUT2D eigenvalue weighted by Gasteiger charge is 2.39. The van der Waals surface area contributed by atoms with E-state index < -0.39 is 5.95 Å². The Balaban J connectivity index is 2.00. The van der Waals surface area contributed by atoms with E-state index in [-0.39, 0.29) is 23.6 Å². The standard InChI is InChI=1S/C17H21FN4O/c1-4-14(12-7-9-19-10-8-12)22(13-5-6-13)17(23)15-11(2)20-21(3)16(15)18/h7-10,13-14H,4-6H2,1-3H3. The lowest BCUT2D eigenvalue weighted by atomic mass is 10.0. The fourth-order valence-corrected chi connectivity index (χ4v) is 3.10. The molecule has 1 atom stereocenters. The zero-order valence-electron chi connectivity index (χ0n) is 13.7. The average Bonchev–Trinajstić information content (AvgIpc) is 3.33. The summed E-state index contributed by atoms with van der Waals surface area (Å²) >= 11 is 0. The van der Waals surface area contributed by atoms with Crippen molar-refractivity contribution in [2.24, 2.45) is 7.05 Å². The average molecular weight is 316 g/mol. The van der Waals surface area contributed by atoms with Gasteiger partial charge in [0.05, 0.1) is 11.7 Å². The van der Waals surface area contributed by atoms with Crippen LogP contribution in [0.4, 0.5) is 4.39 Å². The lowest BCUT2D eigenvalue weighted by Crippen LogP contribution is -2.37. The third kappa shape index (κ3) is 2.85. The molecule has 0 N–H and O–H groups in total. The Hall–Kier alpha value is -2.24. The van der Waals surface area contributed by atoms with Crippen LogP contribution in [0.15, 0.2) is 24.5 Å². The molecule has 2 aromatic heterocycles. The Kier molecular flexibility index (Phi) is 4.15. The van der Waals surface area contributed by atoms with Crippen LogP contribution in [0.3, 0.4) is 0 Å². The first-order valence-electron chi connectivity index (χ1n) is 7.96. The molecule has 23 heavy (non-hydrogen) atoms. The highest BCUT2D eigenvalue weighted by Crippen LogP contribution is 2.37. The van der Waals surface area contributed by atoms with Gasteiger partial charge in [0.1, 0.15) is 5.56 Å². The molecule has 3 rings (SSSR count). The number of hydrogen-bond donors (Lipinski definition) is 0. The molecule has 0 aliphatic heterocycles. The van der Waals surface area contributed by atoms with Crippen molar-refractivity contribution in [3.63, 3.8) is 0 Å². The summed E-state index contributed by atoms with van der Waals surface area (Å²) in [6, 6.07) is 3.95. The predicted octanol–water partition coefficient (Wildman–Crippen LogP) is 3.02. The van der Waals surface area contributed by atoms with Crippen LogP contribution < -0.4 is 0 Å². The fourth-order valence-electron chi connectivity index (χ4n) is 3.10. The summed E-state index contributed by atoms with van der Waals surface area (Å²) in [4.78, 5) is 18.9. The van der Waals surface area contributed by atoms with Crippen molar-refractivity contribution < 1.29 is 9.18 Å². The summed E-state index contributed by atoms with van der Waals surface area (Å²) < 4.78 is 15.5. The number of carbonyl (C=O) groups excluding carboxylic acids is 1. The summed E-state index contributed by atoms with van der Waals surface area (Å²) in [7, 11) is 1.51. The van der Waals surface area contributed by atoms with Crippen molar-refractivity contribution in [2.75, 3.05) is 0 Å². The van der Waals surface area contributed by atoms with Crippen molar-refractivity contribution in [1.29, 1.82) is 0 Å². The third-order valence-electron chi connectivity index (χ3n) is 4.35. The maximum Gasteiger partial charge on any atom is 0.261 e. The van der Waals surface area contributed by atoms with Crippen molar-refractivity contribution in [3.05, 3.63) is 47.3 Å². The molecule has 0 bridgehead atoms. The van der Waals surface area contributed by atoms with E-state index in [1.165, 1.54) is 7.05 Å². The second-order valence-corrected chi connectivity index (χ2v) is 6.02. The normalized spacial score (nSPS) is 15.5. The van der Waals surface area contributed by atoms with E-state index in [1.807, 2.05) is 24.0 Å².